The molecule has 1 aliphatic heterocycles. The minimum absolute atomic E-state index is 0.0290. The van der Waals surface area contributed by atoms with Crippen LogP contribution < -0.4 is 10.2 Å². The largest absolute Gasteiger partial charge is 0.338 e. The van der Waals surface area contributed by atoms with Crippen molar-refractivity contribution in [1.82, 2.24) is 20.2 Å². The molecule has 2 heterocycles. The van der Waals surface area contributed by atoms with E-state index in [-0.39, 0.29) is 11.4 Å². The maximum Gasteiger partial charge on any atom is 0.321 e. The topological polar surface area (TPSA) is 61.4 Å². The minimum atomic E-state index is -0.0754. The molecule has 1 atom stereocenters. The van der Waals surface area contributed by atoms with E-state index in [0.717, 1.165) is 31.5 Å². The number of anilines is 1. The van der Waals surface area contributed by atoms with Gasteiger partial charge in [0, 0.05) is 25.0 Å². The van der Waals surface area contributed by atoms with Gasteiger partial charge in [0.2, 0.25) is 0 Å². The van der Waals surface area contributed by atoms with E-state index in [1.54, 1.807) is 17.3 Å². The fraction of sp³-hybridized carbons (Fsp3) is 0.450. The molecule has 0 aliphatic carbocycles. The molecular formula is C20H27N5O. The SMILES string of the molecule is CN(C)C[C@@]1(c2ccccc2)CCCN(c2cncnc2)C(=O)NCC1. The first kappa shape index (κ1) is 18.3. The lowest BCUT2D eigenvalue weighted by Gasteiger charge is -2.37. The zero-order valence-electron chi connectivity index (χ0n) is 15.6. The van der Waals surface area contributed by atoms with Gasteiger partial charge in [-0.05, 0) is 38.9 Å². The second kappa shape index (κ2) is 8.27. The number of hydrogen-bond donors (Lipinski definition) is 1. The molecule has 3 rings (SSSR count). The summed E-state index contributed by atoms with van der Waals surface area (Å²) in [4.78, 5) is 24.7. The van der Waals surface area contributed by atoms with Crippen LogP contribution in [0.4, 0.5) is 10.5 Å². The first-order valence-corrected chi connectivity index (χ1v) is 9.11. The zero-order valence-corrected chi connectivity index (χ0v) is 15.6. The first-order valence-electron chi connectivity index (χ1n) is 9.11. The van der Waals surface area contributed by atoms with Crippen LogP contribution in [0, 0.1) is 0 Å². The third kappa shape index (κ3) is 4.19. The smallest absolute Gasteiger partial charge is 0.321 e. The van der Waals surface area contributed by atoms with Crippen molar-refractivity contribution in [2.24, 2.45) is 0 Å². The van der Waals surface area contributed by atoms with Gasteiger partial charge >= 0.3 is 6.03 Å². The average molecular weight is 353 g/mol. The summed E-state index contributed by atoms with van der Waals surface area (Å²) >= 11 is 0. The van der Waals surface area contributed by atoms with Crippen LogP contribution in [-0.2, 0) is 5.41 Å². The average Bonchev–Trinajstić information content (AvgIpc) is 2.73. The van der Waals surface area contributed by atoms with Gasteiger partial charge in [-0.3, -0.25) is 4.90 Å². The lowest BCUT2D eigenvalue weighted by molar-refractivity contribution is 0.241. The number of rotatable bonds is 4. The molecule has 0 saturated carbocycles. The molecule has 1 aromatic carbocycles. The van der Waals surface area contributed by atoms with E-state index < -0.39 is 0 Å². The molecule has 2 aromatic rings. The van der Waals surface area contributed by atoms with E-state index >= 15 is 0 Å². The quantitative estimate of drug-likeness (QED) is 0.918. The number of nitrogens with zero attached hydrogens (tertiary/aromatic N) is 4. The second-order valence-corrected chi connectivity index (χ2v) is 7.22. The molecule has 1 aliphatic rings. The van der Waals surface area contributed by atoms with Crippen LogP contribution >= 0.6 is 0 Å². The summed E-state index contributed by atoms with van der Waals surface area (Å²) in [5.74, 6) is 0. The number of amides is 2. The van der Waals surface area contributed by atoms with Crippen LogP contribution in [0.2, 0.25) is 0 Å². The van der Waals surface area contributed by atoms with E-state index in [2.05, 4.69) is 64.6 Å². The van der Waals surface area contributed by atoms with Crippen molar-refractivity contribution in [3.05, 3.63) is 54.6 Å². The molecule has 2 amide bonds. The summed E-state index contributed by atoms with van der Waals surface area (Å²) in [5, 5.41) is 3.08. The molecule has 1 N–H and O–H groups in total. The summed E-state index contributed by atoms with van der Waals surface area (Å²) in [7, 11) is 4.23. The highest BCUT2D eigenvalue weighted by molar-refractivity contribution is 5.91. The van der Waals surface area contributed by atoms with Crippen molar-refractivity contribution in [1.29, 1.82) is 0 Å². The number of hydrogen-bond acceptors (Lipinski definition) is 4. The van der Waals surface area contributed by atoms with Crippen LogP contribution in [0.5, 0.6) is 0 Å². The Balaban J connectivity index is 1.85. The summed E-state index contributed by atoms with van der Waals surface area (Å²) in [5.41, 5.74) is 2.12. The van der Waals surface area contributed by atoms with Gasteiger partial charge < -0.3 is 10.2 Å². The van der Waals surface area contributed by atoms with Crippen LogP contribution in [0.1, 0.15) is 24.8 Å². The van der Waals surface area contributed by atoms with Crippen molar-refractivity contribution >= 4 is 11.7 Å². The summed E-state index contributed by atoms with van der Waals surface area (Å²) in [6, 6.07) is 10.6. The van der Waals surface area contributed by atoms with E-state index in [1.165, 1.54) is 11.9 Å². The van der Waals surface area contributed by atoms with Gasteiger partial charge in [-0.15, -0.1) is 0 Å². The van der Waals surface area contributed by atoms with Crippen molar-refractivity contribution in [2.75, 3.05) is 38.6 Å². The van der Waals surface area contributed by atoms with Crippen LogP contribution in [0.3, 0.4) is 0 Å². The fourth-order valence-electron chi connectivity index (χ4n) is 3.92. The van der Waals surface area contributed by atoms with Gasteiger partial charge in [-0.2, -0.15) is 0 Å². The standard InChI is InChI=1S/C20H27N5O/c1-24(2)15-20(17-7-4-3-5-8-17)9-6-12-25(19(26)23-11-10-20)18-13-21-16-22-14-18/h3-5,7-8,13-14,16H,6,9-12,15H2,1-2H3,(H,23,26)/t20-/m1/s1. The van der Waals surface area contributed by atoms with Gasteiger partial charge in [-0.25, -0.2) is 14.8 Å². The van der Waals surface area contributed by atoms with Gasteiger partial charge in [0.05, 0.1) is 18.1 Å². The van der Waals surface area contributed by atoms with Gasteiger partial charge in [-0.1, -0.05) is 30.3 Å². The maximum absolute atomic E-state index is 12.6. The normalized spacial score (nSPS) is 21.7. The van der Waals surface area contributed by atoms with Crippen LogP contribution in [0.15, 0.2) is 49.1 Å². The predicted molar refractivity (Wildman–Crippen MR) is 103 cm³/mol. The highest BCUT2D eigenvalue weighted by atomic mass is 16.2. The Kier molecular flexibility index (Phi) is 5.83. The monoisotopic (exact) mass is 353 g/mol. The lowest BCUT2D eigenvalue weighted by atomic mass is 9.73. The molecule has 0 unspecified atom stereocenters. The van der Waals surface area contributed by atoms with E-state index in [9.17, 15) is 4.79 Å². The number of nitrogens with one attached hydrogen (secondary N) is 1. The van der Waals surface area contributed by atoms with Gasteiger partial charge in [0.25, 0.3) is 0 Å². The number of likely N-dealkylation sites (N-methyl/N-ethyl adjacent to an activating group) is 1. The minimum Gasteiger partial charge on any atom is -0.338 e. The number of urea groups is 1. The summed E-state index contributed by atoms with van der Waals surface area (Å²) in [6.45, 7) is 2.26. The molecule has 6 heteroatoms. The Bertz CT molecular complexity index is 707. The number of aromatic nitrogens is 2. The number of carbonyl (C=O) groups excluding carboxylic acids is 1. The van der Waals surface area contributed by atoms with Gasteiger partial charge in [0.1, 0.15) is 6.33 Å². The lowest BCUT2D eigenvalue weighted by Crippen LogP contribution is -2.42. The highest BCUT2D eigenvalue weighted by Gasteiger charge is 2.34. The molecule has 1 fully saturated rings. The van der Waals surface area contributed by atoms with Crippen molar-refractivity contribution in [3.8, 4) is 0 Å². The Morgan fingerprint density at radius 3 is 2.58 bits per heavy atom. The highest BCUT2D eigenvalue weighted by Crippen LogP contribution is 2.34. The maximum atomic E-state index is 12.6. The molecule has 1 aromatic heterocycles. The van der Waals surface area contributed by atoms with E-state index in [4.69, 9.17) is 0 Å². The van der Waals surface area contributed by atoms with E-state index in [1.807, 2.05) is 0 Å². The third-order valence-electron chi connectivity index (χ3n) is 5.03. The molecule has 6 nitrogen and oxygen atoms in total. The second-order valence-electron chi connectivity index (χ2n) is 7.22. The Morgan fingerprint density at radius 1 is 1.15 bits per heavy atom. The van der Waals surface area contributed by atoms with Crippen molar-refractivity contribution in [3.63, 3.8) is 0 Å². The van der Waals surface area contributed by atoms with Crippen molar-refractivity contribution in [2.45, 2.75) is 24.7 Å². The van der Waals surface area contributed by atoms with Gasteiger partial charge in [0.15, 0.2) is 0 Å². The third-order valence-corrected chi connectivity index (χ3v) is 5.03. The Hall–Kier alpha value is -2.47. The first-order chi connectivity index (χ1) is 12.6. The molecule has 138 valence electrons. The predicted octanol–water partition coefficient (Wildman–Crippen LogP) is 2.68. The summed E-state index contributed by atoms with van der Waals surface area (Å²) < 4.78 is 0. The summed E-state index contributed by atoms with van der Waals surface area (Å²) in [6.07, 6.45) is 7.72. The van der Waals surface area contributed by atoms with Crippen LogP contribution in [0.25, 0.3) is 0 Å². The molecule has 0 radical (unpaired) electrons. The Labute approximate surface area is 155 Å². The Morgan fingerprint density at radius 2 is 1.88 bits per heavy atom. The molecular weight excluding hydrogens is 326 g/mol. The number of carbonyl (C=O) groups is 1. The van der Waals surface area contributed by atoms with Crippen molar-refractivity contribution < 1.29 is 4.79 Å². The van der Waals surface area contributed by atoms with Crippen LogP contribution in [-0.4, -0.2) is 54.6 Å². The number of benzene rings is 1. The molecule has 26 heavy (non-hydrogen) atoms. The molecule has 0 spiro atoms. The molecule has 0 bridgehead atoms. The molecule has 1 saturated heterocycles. The van der Waals surface area contributed by atoms with E-state index in [0.29, 0.717) is 13.1 Å². The zero-order chi connectivity index (χ0) is 18.4. The fourth-order valence-corrected chi connectivity index (χ4v) is 3.92.